The Labute approximate surface area is 258 Å². The van der Waals surface area contributed by atoms with Crippen LogP contribution in [0, 0.1) is 0 Å². The van der Waals surface area contributed by atoms with Gasteiger partial charge >= 0.3 is 5.97 Å². The molecule has 0 fully saturated rings. The number of fused-ring (bicyclic) bond motifs is 3. The van der Waals surface area contributed by atoms with Crippen LogP contribution in [0.1, 0.15) is 60.6 Å². The smallest absolute Gasteiger partial charge is 0.363 e. The van der Waals surface area contributed by atoms with E-state index in [0.29, 0.717) is 23.3 Å². The van der Waals surface area contributed by atoms with Gasteiger partial charge in [0, 0.05) is 29.4 Å². The van der Waals surface area contributed by atoms with Gasteiger partial charge in [0.1, 0.15) is 0 Å². The van der Waals surface area contributed by atoms with Gasteiger partial charge in [-0.25, -0.2) is 9.79 Å². The molecule has 0 spiro atoms. The number of hydrogen-bond acceptors (Lipinski definition) is 7. The number of nitrogens with one attached hydrogen (secondary N) is 1. The molecular formula is C36H40N2O6. The van der Waals surface area contributed by atoms with Crippen molar-refractivity contribution in [2.75, 3.05) is 28.4 Å². The first-order valence-electron chi connectivity index (χ1n) is 14.9. The minimum atomic E-state index is -0.442. The van der Waals surface area contributed by atoms with Gasteiger partial charge in [0.2, 0.25) is 0 Å². The molecule has 4 aromatic rings. The molecule has 8 nitrogen and oxygen atoms in total. The highest BCUT2D eigenvalue weighted by Gasteiger charge is 2.25. The fourth-order valence-electron chi connectivity index (χ4n) is 5.94. The SMILES string of the molecule is CCc1ccc2[nH]c3c(c2c1)CCCC3Cc1ccc(OC)c(OC)c1.COc1ccc(/C=C2\N=C(C)OC2=O)cc1OC. The number of H-pyrrole nitrogens is 1. The lowest BCUT2D eigenvalue weighted by Gasteiger charge is -2.23. The van der Waals surface area contributed by atoms with E-state index in [4.69, 9.17) is 23.7 Å². The molecule has 1 aliphatic heterocycles. The number of methoxy groups -OCH3 is 4. The first-order valence-corrected chi connectivity index (χ1v) is 14.9. The minimum Gasteiger partial charge on any atom is -0.493 e. The van der Waals surface area contributed by atoms with Crippen LogP contribution >= 0.6 is 0 Å². The average molecular weight is 597 g/mol. The lowest BCUT2D eigenvalue weighted by molar-refractivity contribution is -0.130. The van der Waals surface area contributed by atoms with Crippen molar-refractivity contribution >= 4 is 28.8 Å². The molecule has 1 N–H and O–H groups in total. The third kappa shape index (κ3) is 6.59. The zero-order chi connectivity index (χ0) is 31.2. The number of ether oxygens (including phenoxy) is 5. The topological polar surface area (TPSA) is 91.4 Å². The molecule has 0 amide bonds. The van der Waals surface area contributed by atoms with Crippen LogP contribution in [0.2, 0.25) is 0 Å². The molecule has 1 unspecified atom stereocenters. The summed E-state index contributed by atoms with van der Waals surface area (Å²) in [5, 5.41) is 1.43. The number of aryl methyl sites for hydroxylation is 2. The Kier molecular flexibility index (Phi) is 9.58. The Morgan fingerprint density at radius 2 is 1.57 bits per heavy atom. The van der Waals surface area contributed by atoms with Gasteiger partial charge in [-0.05, 0) is 96.8 Å². The summed E-state index contributed by atoms with van der Waals surface area (Å²) < 4.78 is 26.0. The van der Waals surface area contributed by atoms with Crippen LogP contribution in [0.5, 0.6) is 23.0 Å². The van der Waals surface area contributed by atoms with Crippen molar-refractivity contribution in [2.24, 2.45) is 4.99 Å². The molecular weight excluding hydrogens is 556 g/mol. The number of aromatic amines is 1. The Balaban J connectivity index is 0.000000187. The van der Waals surface area contributed by atoms with Crippen molar-refractivity contribution in [2.45, 2.75) is 51.9 Å². The van der Waals surface area contributed by atoms with Crippen molar-refractivity contribution < 1.29 is 28.5 Å². The number of cyclic esters (lactones) is 1. The monoisotopic (exact) mass is 596 g/mol. The summed E-state index contributed by atoms with van der Waals surface area (Å²) in [6.45, 7) is 3.85. The summed E-state index contributed by atoms with van der Waals surface area (Å²) in [6.07, 6.45) is 7.43. The summed E-state index contributed by atoms with van der Waals surface area (Å²) >= 11 is 0. The van der Waals surface area contributed by atoms with Gasteiger partial charge in [-0.1, -0.05) is 25.1 Å². The number of nitrogens with zero attached hydrogens (tertiary/aromatic N) is 1. The Hall–Kier alpha value is -4.72. The lowest BCUT2D eigenvalue weighted by Crippen LogP contribution is -2.11. The standard InChI is InChI=1S/C23H27NO2.C13H13NO4/c1-4-15-8-10-20-19(13-15)18-7-5-6-17(23(18)24-20)12-16-9-11-21(25-2)22(14-16)26-3;1-8-14-10(13(15)18-8)6-9-4-5-11(16-2)12(7-9)17-3/h8-11,13-14,17,24H,4-7,12H2,1-3H3;4-7H,1-3H3/b;10-6-. The summed E-state index contributed by atoms with van der Waals surface area (Å²) in [6, 6.07) is 18.5. The number of rotatable bonds is 8. The molecule has 3 aromatic carbocycles. The summed E-state index contributed by atoms with van der Waals surface area (Å²) in [5.74, 6) is 3.28. The van der Waals surface area contributed by atoms with Crippen LogP contribution in [0.15, 0.2) is 65.3 Å². The van der Waals surface area contributed by atoms with Crippen molar-refractivity contribution in [3.05, 3.63) is 88.2 Å². The number of aromatic nitrogens is 1. The fourth-order valence-corrected chi connectivity index (χ4v) is 5.94. The van der Waals surface area contributed by atoms with Gasteiger partial charge in [0.15, 0.2) is 34.6 Å². The van der Waals surface area contributed by atoms with Gasteiger partial charge in [-0.3, -0.25) is 0 Å². The number of benzene rings is 3. The molecule has 0 saturated heterocycles. The van der Waals surface area contributed by atoms with E-state index in [1.807, 2.05) is 12.1 Å². The third-order valence-electron chi connectivity index (χ3n) is 8.17. The highest BCUT2D eigenvalue weighted by atomic mass is 16.6. The van der Waals surface area contributed by atoms with Crippen molar-refractivity contribution in [1.29, 1.82) is 0 Å². The lowest BCUT2D eigenvalue weighted by atomic mass is 9.83. The van der Waals surface area contributed by atoms with E-state index < -0.39 is 5.97 Å². The molecule has 6 rings (SSSR count). The van der Waals surface area contributed by atoms with Crippen molar-refractivity contribution in [3.63, 3.8) is 0 Å². The Bertz CT molecular complexity index is 1720. The third-order valence-corrected chi connectivity index (χ3v) is 8.17. The second-order valence-electron chi connectivity index (χ2n) is 10.9. The number of carbonyl (C=O) groups is 1. The fraction of sp³-hybridized carbons (Fsp3) is 0.333. The second-order valence-corrected chi connectivity index (χ2v) is 10.9. The van der Waals surface area contributed by atoms with Crippen LogP contribution < -0.4 is 18.9 Å². The zero-order valence-corrected chi connectivity index (χ0v) is 26.3. The van der Waals surface area contributed by atoms with Crippen molar-refractivity contribution in [3.8, 4) is 23.0 Å². The molecule has 0 bridgehead atoms. The number of carbonyl (C=O) groups excluding carboxylic acids is 1. The molecule has 44 heavy (non-hydrogen) atoms. The number of hydrogen-bond donors (Lipinski definition) is 1. The van der Waals surface area contributed by atoms with E-state index >= 15 is 0 Å². The summed E-state index contributed by atoms with van der Waals surface area (Å²) in [5.41, 5.74) is 8.04. The van der Waals surface area contributed by atoms with Gasteiger partial charge in [0.25, 0.3) is 0 Å². The van der Waals surface area contributed by atoms with Crippen molar-refractivity contribution in [1.82, 2.24) is 4.98 Å². The second kappa shape index (κ2) is 13.7. The highest BCUT2D eigenvalue weighted by molar-refractivity contribution is 6.06. The molecule has 2 aliphatic rings. The van der Waals surface area contributed by atoms with Crippen LogP contribution in [0.3, 0.4) is 0 Å². The summed E-state index contributed by atoms with van der Waals surface area (Å²) in [4.78, 5) is 19.1. The maximum Gasteiger partial charge on any atom is 0.363 e. The molecule has 0 radical (unpaired) electrons. The molecule has 230 valence electrons. The van der Waals surface area contributed by atoms with Gasteiger partial charge in [0.05, 0.1) is 28.4 Å². The highest BCUT2D eigenvalue weighted by Crippen LogP contribution is 2.39. The number of aliphatic imine (C=N–C) groups is 1. The van der Waals surface area contributed by atoms with E-state index in [1.165, 1.54) is 52.5 Å². The molecule has 1 aromatic heterocycles. The first kappa shape index (κ1) is 30.7. The van der Waals surface area contributed by atoms with Crippen LogP contribution in [-0.2, 0) is 28.8 Å². The molecule has 2 heterocycles. The van der Waals surface area contributed by atoms with Crippen LogP contribution in [0.4, 0.5) is 0 Å². The van der Waals surface area contributed by atoms with Crippen LogP contribution in [-0.4, -0.2) is 45.3 Å². The zero-order valence-electron chi connectivity index (χ0n) is 26.3. The largest absolute Gasteiger partial charge is 0.493 e. The van der Waals surface area contributed by atoms with Gasteiger partial charge < -0.3 is 28.7 Å². The van der Waals surface area contributed by atoms with E-state index in [-0.39, 0.29) is 5.70 Å². The van der Waals surface area contributed by atoms with E-state index in [9.17, 15) is 4.79 Å². The van der Waals surface area contributed by atoms with E-state index in [0.717, 1.165) is 29.9 Å². The molecule has 1 atom stereocenters. The quantitative estimate of drug-likeness (QED) is 0.168. The van der Waals surface area contributed by atoms with Gasteiger partial charge in [-0.15, -0.1) is 0 Å². The van der Waals surface area contributed by atoms with Gasteiger partial charge in [-0.2, -0.15) is 0 Å². The maximum absolute atomic E-state index is 11.4. The summed E-state index contributed by atoms with van der Waals surface area (Å²) in [7, 11) is 6.50. The Morgan fingerprint density at radius 1 is 0.886 bits per heavy atom. The first-order chi connectivity index (χ1) is 21.4. The normalized spacial score (nSPS) is 16.5. The Morgan fingerprint density at radius 3 is 2.23 bits per heavy atom. The van der Waals surface area contributed by atoms with E-state index in [1.54, 1.807) is 53.6 Å². The molecule has 0 saturated carbocycles. The molecule has 1 aliphatic carbocycles. The molecule has 8 heteroatoms. The maximum atomic E-state index is 11.4. The minimum absolute atomic E-state index is 0.278. The predicted molar refractivity (Wildman–Crippen MR) is 173 cm³/mol. The van der Waals surface area contributed by atoms with E-state index in [2.05, 4.69) is 47.2 Å². The number of esters is 1. The predicted octanol–water partition coefficient (Wildman–Crippen LogP) is 7.43. The average Bonchev–Trinajstić information content (AvgIpc) is 3.59. The van der Waals surface area contributed by atoms with Crippen LogP contribution in [0.25, 0.3) is 17.0 Å².